The number of hydrogen-bond acceptors (Lipinski definition) is 4. The summed E-state index contributed by atoms with van der Waals surface area (Å²) in [6.07, 6.45) is 11.6. The van der Waals surface area contributed by atoms with E-state index in [9.17, 15) is 9.59 Å². The lowest BCUT2D eigenvalue weighted by Gasteiger charge is -2.48. The van der Waals surface area contributed by atoms with Crippen molar-refractivity contribution < 1.29 is 19.1 Å². The molecule has 5 atom stereocenters. The van der Waals surface area contributed by atoms with Crippen LogP contribution in [-0.2, 0) is 14.3 Å². The summed E-state index contributed by atoms with van der Waals surface area (Å²) in [5, 5.41) is 0. The lowest BCUT2D eigenvalue weighted by molar-refractivity contribution is -0.143. The molecule has 0 radical (unpaired) electrons. The highest BCUT2D eigenvalue weighted by molar-refractivity contribution is 5.98. The van der Waals surface area contributed by atoms with Crippen LogP contribution in [0.1, 0.15) is 47.0 Å². The Morgan fingerprint density at radius 2 is 2.19 bits per heavy atom. The fourth-order valence-corrected chi connectivity index (χ4v) is 5.60. The Bertz CT molecular complexity index is 748. The molecule has 2 fully saturated rings. The third-order valence-corrected chi connectivity index (χ3v) is 6.67. The van der Waals surface area contributed by atoms with Crippen molar-refractivity contribution in [1.82, 2.24) is 4.90 Å². The van der Waals surface area contributed by atoms with Gasteiger partial charge in [-0.2, -0.15) is 0 Å². The molecule has 0 N–H and O–H groups in total. The summed E-state index contributed by atoms with van der Waals surface area (Å²) in [6, 6.07) is 0. The number of allylic oxidation sites excluding steroid dienone is 2. The van der Waals surface area contributed by atoms with Crippen molar-refractivity contribution in [1.29, 1.82) is 0 Å². The van der Waals surface area contributed by atoms with Crippen LogP contribution in [0.2, 0.25) is 0 Å². The van der Waals surface area contributed by atoms with E-state index in [1.165, 1.54) is 4.90 Å². The smallest absolute Gasteiger partial charge is 0.419 e. The first-order chi connectivity index (χ1) is 12.1. The van der Waals surface area contributed by atoms with Crippen LogP contribution in [0.25, 0.3) is 0 Å². The van der Waals surface area contributed by atoms with Gasteiger partial charge in [-0.1, -0.05) is 31.2 Å². The topological polar surface area (TPSA) is 55.8 Å². The number of likely N-dealkylation sites (tertiary alicyclic amines) is 1. The minimum Gasteiger partial charge on any atom is -0.443 e. The molecule has 0 aromatic heterocycles. The number of fused-ring (bicyclic) bond motifs is 2. The SMILES string of the molecule is C=CC[C@]12C=CCC[C@H]3C(=O)N(C(=O)OC(C)(C)C)[C@@]4(C=CC1O4)[C@@]32C. The lowest BCUT2D eigenvalue weighted by Crippen LogP contribution is -2.57. The molecule has 1 spiro atoms. The van der Waals surface area contributed by atoms with Crippen LogP contribution in [0, 0.1) is 16.7 Å². The summed E-state index contributed by atoms with van der Waals surface area (Å²) in [4.78, 5) is 27.7. The Labute approximate surface area is 154 Å². The van der Waals surface area contributed by atoms with Crippen LogP contribution < -0.4 is 0 Å². The van der Waals surface area contributed by atoms with Gasteiger partial charge in [-0.05, 0) is 46.1 Å². The second kappa shape index (κ2) is 5.10. The minimum absolute atomic E-state index is 0.180. The molecular weight excluding hydrogens is 330 g/mol. The second-order valence-electron chi connectivity index (χ2n) is 9.02. The number of ether oxygens (including phenoxy) is 2. The average Bonchev–Trinajstić information content (AvgIpc) is 3.04. The summed E-state index contributed by atoms with van der Waals surface area (Å²) in [5.74, 6) is -0.483. The molecule has 4 rings (SSSR count). The van der Waals surface area contributed by atoms with E-state index in [0.717, 1.165) is 6.42 Å². The van der Waals surface area contributed by atoms with Crippen LogP contribution >= 0.6 is 0 Å². The fourth-order valence-electron chi connectivity index (χ4n) is 5.60. The van der Waals surface area contributed by atoms with Gasteiger partial charge < -0.3 is 9.47 Å². The summed E-state index contributed by atoms with van der Waals surface area (Å²) < 4.78 is 12.0. The summed E-state index contributed by atoms with van der Waals surface area (Å²) in [6.45, 7) is 11.4. The largest absolute Gasteiger partial charge is 0.443 e. The third-order valence-electron chi connectivity index (χ3n) is 6.67. The molecule has 1 aliphatic carbocycles. The van der Waals surface area contributed by atoms with E-state index in [0.29, 0.717) is 12.8 Å². The first-order valence-electron chi connectivity index (χ1n) is 9.36. The van der Waals surface area contributed by atoms with Crippen molar-refractivity contribution in [3.63, 3.8) is 0 Å². The van der Waals surface area contributed by atoms with Crippen LogP contribution in [0.5, 0.6) is 0 Å². The van der Waals surface area contributed by atoms with Gasteiger partial charge in [0.05, 0.1) is 12.0 Å². The third kappa shape index (κ3) is 1.80. The first kappa shape index (κ1) is 17.5. The Morgan fingerprint density at radius 3 is 2.85 bits per heavy atom. The van der Waals surface area contributed by atoms with E-state index in [4.69, 9.17) is 9.47 Å². The number of imide groups is 1. The predicted octanol–water partition coefficient (Wildman–Crippen LogP) is 3.96. The monoisotopic (exact) mass is 357 g/mol. The van der Waals surface area contributed by atoms with Gasteiger partial charge in [-0.3, -0.25) is 4.79 Å². The number of nitrogens with zero attached hydrogens (tertiary/aromatic N) is 1. The lowest BCUT2D eigenvalue weighted by atomic mass is 9.52. The van der Waals surface area contributed by atoms with Crippen molar-refractivity contribution in [2.75, 3.05) is 0 Å². The summed E-state index contributed by atoms with van der Waals surface area (Å²) in [5.41, 5.74) is -2.69. The molecule has 26 heavy (non-hydrogen) atoms. The maximum atomic E-state index is 13.4. The number of hydrogen-bond donors (Lipinski definition) is 0. The highest BCUT2D eigenvalue weighted by Crippen LogP contribution is 2.73. The van der Waals surface area contributed by atoms with Gasteiger partial charge in [-0.15, -0.1) is 6.58 Å². The Morgan fingerprint density at radius 1 is 1.46 bits per heavy atom. The fraction of sp³-hybridized carbons (Fsp3) is 0.619. The molecule has 2 amide bonds. The first-order valence-corrected chi connectivity index (χ1v) is 9.36. The molecule has 3 heterocycles. The van der Waals surface area contributed by atoms with E-state index in [1.807, 2.05) is 18.2 Å². The van der Waals surface area contributed by atoms with Gasteiger partial charge >= 0.3 is 6.09 Å². The zero-order valence-electron chi connectivity index (χ0n) is 16.0. The summed E-state index contributed by atoms with van der Waals surface area (Å²) >= 11 is 0. The Balaban J connectivity index is 1.89. The highest BCUT2D eigenvalue weighted by atomic mass is 16.6. The molecule has 5 heteroatoms. The highest BCUT2D eigenvalue weighted by Gasteiger charge is 2.82. The number of rotatable bonds is 2. The zero-order chi connectivity index (χ0) is 19.0. The van der Waals surface area contributed by atoms with Gasteiger partial charge in [0, 0.05) is 10.8 Å². The maximum absolute atomic E-state index is 13.4. The van der Waals surface area contributed by atoms with Crippen molar-refractivity contribution in [3.05, 3.63) is 37.0 Å². The number of amides is 2. The van der Waals surface area contributed by atoms with Gasteiger partial charge in [-0.25, -0.2) is 9.69 Å². The maximum Gasteiger partial charge on any atom is 0.419 e. The predicted molar refractivity (Wildman–Crippen MR) is 97.0 cm³/mol. The van der Waals surface area contributed by atoms with Gasteiger partial charge in [0.15, 0.2) is 5.72 Å². The van der Waals surface area contributed by atoms with E-state index in [-0.39, 0.29) is 23.3 Å². The van der Waals surface area contributed by atoms with E-state index >= 15 is 0 Å². The molecule has 4 aliphatic rings. The average molecular weight is 357 g/mol. The van der Waals surface area contributed by atoms with E-state index in [1.54, 1.807) is 20.8 Å². The zero-order valence-corrected chi connectivity index (χ0v) is 16.0. The van der Waals surface area contributed by atoms with Crippen molar-refractivity contribution in [2.24, 2.45) is 16.7 Å². The Kier molecular flexibility index (Phi) is 3.44. The quantitative estimate of drug-likeness (QED) is 0.702. The summed E-state index contributed by atoms with van der Waals surface area (Å²) in [7, 11) is 0. The normalized spacial score (nSPS) is 42.8. The second-order valence-corrected chi connectivity index (χ2v) is 9.02. The number of carbonyl (C=O) groups is 2. The molecule has 0 aromatic carbocycles. The van der Waals surface area contributed by atoms with Crippen LogP contribution in [0.3, 0.4) is 0 Å². The minimum atomic E-state index is -1.08. The molecule has 3 aliphatic heterocycles. The van der Waals surface area contributed by atoms with Crippen molar-refractivity contribution in [2.45, 2.75) is 64.4 Å². The molecule has 140 valence electrons. The van der Waals surface area contributed by atoms with Crippen molar-refractivity contribution in [3.8, 4) is 0 Å². The van der Waals surface area contributed by atoms with Gasteiger partial charge in [0.25, 0.3) is 0 Å². The van der Waals surface area contributed by atoms with Gasteiger partial charge in [0.2, 0.25) is 5.91 Å². The standard InChI is InChI=1S/C21H27NO4/c1-6-11-20-12-8-7-9-14-16(23)22(17(24)26-18(2,3)4)21(19(14,20)5)13-10-15(20)25-21/h6,8,10,12-15H,1,7,9,11H2,2-5H3/t14-,15?,19-,20-,21+/m0/s1. The molecule has 0 aromatic rings. The molecular formula is C21H27NO4. The molecule has 0 saturated carbocycles. The molecule has 2 bridgehead atoms. The molecule has 5 nitrogen and oxygen atoms in total. The number of carbonyl (C=O) groups excluding carboxylic acids is 2. The van der Waals surface area contributed by atoms with Gasteiger partial charge in [0.1, 0.15) is 5.60 Å². The molecule has 1 unspecified atom stereocenters. The molecule has 2 saturated heterocycles. The van der Waals surface area contributed by atoms with Crippen LogP contribution in [0.4, 0.5) is 4.79 Å². The van der Waals surface area contributed by atoms with Crippen molar-refractivity contribution >= 4 is 12.0 Å². The van der Waals surface area contributed by atoms with Crippen LogP contribution in [0.15, 0.2) is 37.0 Å². The van der Waals surface area contributed by atoms with Crippen LogP contribution in [-0.4, -0.2) is 34.3 Å². The Hall–Kier alpha value is -1.88. The van der Waals surface area contributed by atoms with E-state index in [2.05, 4.69) is 25.7 Å². The van der Waals surface area contributed by atoms with E-state index < -0.39 is 22.8 Å².